The summed E-state index contributed by atoms with van der Waals surface area (Å²) < 4.78 is 57.5. The zero-order chi connectivity index (χ0) is 84.7. The first-order valence-electron chi connectivity index (χ1n) is 38.0. The van der Waals surface area contributed by atoms with E-state index in [0.29, 0.717) is 13.1 Å². The van der Waals surface area contributed by atoms with E-state index in [9.17, 15) is 65.4 Å². The van der Waals surface area contributed by atoms with E-state index in [1.54, 1.807) is 4.90 Å². The zero-order valence-electron chi connectivity index (χ0n) is 64.7. The van der Waals surface area contributed by atoms with Crippen molar-refractivity contribution in [2.45, 2.75) is 207 Å². The number of primary amides is 1. The minimum atomic E-state index is -2.36. The summed E-state index contributed by atoms with van der Waals surface area (Å²) in [6, 6.07) is 0.857. The molecule has 5 aromatic carbocycles. The minimum Gasteiger partial charge on any atom is -0.507 e. The van der Waals surface area contributed by atoms with Crippen molar-refractivity contribution < 1.29 is 132 Å². The van der Waals surface area contributed by atoms with E-state index < -0.39 is 250 Å². The van der Waals surface area contributed by atoms with Crippen molar-refractivity contribution in [2.24, 2.45) is 23.1 Å². The molecule has 5 aromatic rings. The predicted molar refractivity (Wildman–Crippen MR) is 407 cm³/mol. The van der Waals surface area contributed by atoms with E-state index in [2.05, 4.69) is 37.2 Å². The molecule has 9 aliphatic heterocycles. The maximum absolute atomic E-state index is 16.6. The first kappa shape index (κ1) is 86.6. The number of amides is 7. The summed E-state index contributed by atoms with van der Waals surface area (Å²) >= 11 is 7.17. The van der Waals surface area contributed by atoms with Crippen molar-refractivity contribution in [3.63, 3.8) is 0 Å². The van der Waals surface area contributed by atoms with Crippen LogP contribution in [0.25, 0.3) is 11.1 Å². The van der Waals surface area contributed by atoms with Crippen molar-refractivity contribution in [2.75, 3.05) is 40.0 Å². The van der Waals surface area contributed by atoms with Gasteiger partial charge in [0, 0.05) is 60.2 Å². The number of carboxylic acid groups (broad SMARTS) is 1. The van der Waals surface area contributed by atoms with Crippen LogP contribution in [-0.2, 0) is 73.3 Å². The first-order chi connectivity index (χ1) is 55.3. The number of benzene rings is 5. The highest BCUT2D eigenvalue weighted by Crippen LogP contribution is 2.51. The normalized spacial score (nSPS) is 32.0. The van der Waals surface area contributed by atoms with Gasteiger partial charge in [-0.05, 0) is 124 Å². The zero-order valence-corrected chi connectivity index (χ0v) is 65.4. The molecule has 0 radical (unpaired) electrons. The molecule has 117 heavy (non-hydrogen) atoms. The second-order valence-electron chi connectivity index (χ2n) is 31.3. The Morgan fingerprint density at radius 1 is 0.692 bits per heavy atom. The minimum absolute atomic E-state index is 0.0440. The third-order valence-electron chi connectivity index (χ3n) is 21.8. The number of carbonyl (C=O) groups is 8. The van der Waals surface area contributed by atoms with Crippen LogP contribution in [0.4, 0.5) is 0 Å². The van der Waals surface area contributed by atoms with Crippen LogP contribution in [-0.4, -0.2) is 246 Å². The van der Waals surface area contributed by atoms with Crippen LogP contribution < -0.4 is 68.6 Å². The molecule has 0 aromatic heterocycles. The molecule has 9 aliphatic rings. The number of phenols is 3. The largest absolute Gasteiger partial charge is 0.507 e. The molecular weight excluding hydrogens is 1560 g/mol. The number of nitrogens with two attached hydrogens (primary N) is 3. The van der Waals surface area contributed by atoms with Gasteiger partial charge in [-0.15, -0.1) is 0 Å². The van der Waals surface area contributed by atoms with Gasteiger partial charge in [-0.3, -0.25) is 38.5 Å². The molecule has 22 atom stereocenters. The molecule has 4 saturated heterocycles. The highest BCUT2D eigenvalue weighted by atomic mass is 35.5. The van der Waals surface area contributed by atoms with Gasteiger partial charge >= 0.3 is 5.97 Å². The maximum atomic E-state index is 16.6. The Labute approximate surface area is 674 Å². The smallest absolute Gasteiger partial charge is 0.330 e. The predicted octanol–water partition coefficient (Wildman–Crippen LogP) is -0.478. The number of likely N-dealkylation sites (N-methyl/N-ethyl adjacent to an activating group) is 1. The fourth-order valence-corrected chi connectivity index (χ4v) is 15.7. The van der Waals surface area contributed by atoms with Crippen LogP contribution >= 0.6 is 11.6 Å². The van der Waals surface area contributed by atoms with Gasteiger partial charge in [0.25, 0.3) is 0 Å². The van der Waals surface area contributed by atoms with Gasteiger partial charge in [-0.25, -0.2) is 4.79 Å². The molecule has 0 aliphatic carbocycles. The fourth-order valence-electron chi connectivity index (χ4n) is 15.4. The number of hydrogen-bond donors (Lipinski definition) is 20. The first-order valence-corrected chi connectivity index (χ1v) is 38.4. The summed E-state index contributed by atoms with van der Waals surface area (Å²) in [6.45, 7) is 9.55. The maximum Gasteiger partial charge on any atom is 0.330 e. The van der Waals surface area contributed by atoms with Crippen molar-refractivity contribution in [1.82, 2.24) is 42.1 Å². The molecule has 23 N–H and O–H groups in total. The van der Waals surface area contributed by atoms with E-state index in [0.717, 1.165) is 42.5 Å². The molecular formula is C78H98ClN11O27. The van der Waals surface area contributed by atoms with Crippen molar-refractivity contribution >= 4 is 58.9 Å². The van der Waals surface area contributed by atoms with Gasteiger partial charge in [-0.1, -0.05) is 49.7 Å². The van der Waals surface area contributed by atoms with Gasteiger partial charge < -0.3 is 148 Å². The van der Waals surface area contributed by atoms with E-state index in [1.807, 2.05) is 13.8 Å². The van der Waals surface area contributed by atoms with E-state index >= 15 is 24.0 Å². The summed E-state index contributed by atoms with van der Waals surface area (Å²) in [7, 11) is 1.48. The van der Waals surface area contributed by atoms with Crippen molar-refractivity contribution in [3.8, 4) is 57.1 Å². The number of nitrogens with one attached hydrogen (secondary N) is 7. The van der Waals surface area contributed by atoms with Gasteiger partial charge in [0.1, 0.15) is 89.5 Å². The van der Waals surface area contributed by atoms with Crippen LogP contribution in [0.2, 0.25) is 5.02 Å². The Kier molecular flexibility index (Phi) is 26.3. The Bertz CT molecular complexity index is 4570. The third-order valence-corrected chi connectivity index (χ3v) is 22.1. The van der Waals surface area contributed by atoms with Crippen LogP contribution in [0.1, 0.15) is 131 Å². The summed E-state index contributed by atoms with van der Waals surface area (Å²) in [5, 5.41) is 135. The van der Waals surface area contributed by atoms with Crippen LogP contribution in [0.15, 0.2) is 78.9 Å². The molecule has 634 valence electrons. The van der Waals surface area contributed by atoms with Gasteiger partial charge in [0.05, 0.1) is 67.3 Å². The van der Waals surface area contributed by atoms with Gasteiger partial charge in [0.2, 0.25) is 53.4 Å². The Balaban J connectivity index is 1.12. The standard InChI is InChI=1S/C78H98ClN11O27/c1-31(2)20-43(83-7)69(101)88-58-60(95)36-11-15-47(42(79)22-36)113-49-24-37-23-48(65(49)117-76-66(63(98)62(97)50(30-91)114-76)116-53-28-78(6,82)68(100)33(4)111-53)112-38-12-8-34(9-13-38)64(115-52-27-77(5,81)67(99)32(3)110-52)59-74(106)87-57(75(107)108)40-25-46(93)41(29-90-16-18-109-19-17-90)61(96)54(40)39-21-35(10-14-45(39)92)55(71(103)89-59)86-72(104)56(37)85-70(102)44(26-51(80)94)84-73(58)105/h8-15,21-25,31-33,43-44,50,52-53,55-60,62-64,66-68,76,83,91-93,95-100H,16-20,26-30,81-82H2,1-7H3,(H2,80,94)(H,84,105)(H,85,102)(H,86,104)(H,87,106)(H,88,101)(H,89,103)(H,107,108)/t32-,33-,43+,44-,50+,52-,53-,55+,56+,57-,58+,59-,60+,62+,63-,64+,66+,67-,68-,76-,77+,78-/m0/s1. The lowest BCUT2D eigenvalue weighted by molar-refractivity contribution is -0.333. The van der Waals surface area contributed by atoms with E-state index in [4.69, 9.17) is 71.4 Å². The third kappa shape index (κ3) is 18.8. The van der Waals surface area contributed by atoms with Gasteiger partial charge in [-0.2, -0.15) is 0 Å². The summed E-state index contributed by atoms with van der Waals surface area (Å²) in [5.74, 6) is -15.4. The Morgan fingerprint density at radius 3 is 1.91 bits per heavy atom. The average Bonchev–Trinajstić information content (AvgIpc) is 0.769. The number of carboxylic acids is 1. The molecule has 14 rings (SSSR count). The Hall–Kier alpha value is -9.69. The van der Waals surface area contributed by atoms with Crippen LogP contribution in [0.5, 0.6) is 46.0 Å². The van der Waals surface area contributed by atoms with E-state index in [-0.39, 0.29) is 83.7 Å². The fraction of sp³-hybridized carbons (Fsp3) is 0.513. The van der Waals surface area contributed by atoms with Crippen LogP contribution in [0, 0.1) is 5.92 Å². The summed E-state index contributed by atoms with van der Waals surface area (Å²) in [4.78, 5) is 123. The lowest BCUT2D eigenvalue weighted by Gasteiger charge is -2.47. The van der Waals surface area contributed by atoms with Gasteiger partial charge in [0.15, 0.2) is 36.2 Å². The lowest BCUT2D eigenvalue weighted by atomic mass is 9.86. The molecule has 0 saturated carbocycles. The molecule has 7 amide bonds. The average molecular weight is 1660 g/mol. The molecule has 39 heteroatoms. The number of halogens is 1. The van der Waals surface area contributed by atoms with E-state index in [1.165, 1.54) is 71.1 Å². The molecule has 38 nitrogen and oxygen atoms in total. The van der Waals surface area contributed by atoms with Crippen LogP contribution in [0.3, 0.4) is 0 Å². The quantitative estimate of drug-likeness (QED) is 0.0559. The number of hydrogen-bond acceptors (Lipinski definition) is 30. The molecule has 0 unspecified atom stereocenters. The Morgan fingerprint density at radius 2 is 1.30 bits per heavy atom. The SMILES string of the molecule is CN[C@H](CC(C)C)C(=O)N[C@H]1C(=O)N[C@@H](CC(N)=O)C(=O)N[C@H]2C(=O)N[C@H]3C(=O)N[C@H](C(=O)N[C@H](C(=O)O)c4cc(O)c(CN5CCOCC5)c(O)c4-c4cc3ccc4O)[C@H](O[C@H]3C[C@@](C)(N)[C@@H](O)[C@H](C)O3)c3ccc(cc3)Oc3cc2cc(c3O[C@@H]2O[C@H](CO)[C@@H](O)[C@H](O)[C@H]2O[C@H]2C[C@](C)(N)[C@@H](O)[C@H](C)O2)Oc2ccc(cc2Cl)[C@H]1O. The monoisotopic (exact) mass is 1660 g/mol. The second kappa shape index (κ2) is 35.5. The summed E-state index contributed by atoms with van der Waals surface area (Å²) in [5.41, 5.74) is 13.5. The number of nitrogens with zero attached hydrogens (tertiary/aromatic N) is 1. The van der Waals surface area contributed by atoms with Crippen molar-refractivity contribution in [1.29, 1.82) is 0 Å². The lowest BCUT2D eigenvalue weighted by Crippen LogP contribution is -2.64. The number of aliphatic hydroxyl groups is 6. The number of fused-ring (bicyclic) bond motifs is 15. The number of rotatable bonds is 17. The number of aromatic hydroxyl groups is 3. The molecule has 9 heterocycles. The number of aliphatic hydroxyl groups excluding tert-OH is 6. The highest BCUT2D eigenvalue weighted by molar-refractivity contribution is 6.32. The molecule has 11 bridgehead atoms. The second-order valence-corrected chi connectivity index (χ2v) is 31.7. The number of ether oxygens (including phenoxy) is 9. The number of carbonyl (C=O) groups excluding carboxylic acids is 7. The topological polar surface area (TPSA) is 587 Å². The number of morpholine rings is 1. The number of aliphatic carboxylic acids is 1. The van der Waals surface area contributed by atoms with Crippen molar-refractivity contribution in [3.05, 3.63) is 117 Å². The molecule has 4 fully saturated rings. The number of phenolic OH excluding ortho intramolecular Hbond substituents is 3. The molecule has 0 spiro atoms. The highest BCUT2D eigenvalue weighted by Gasteiger charge is 2.53. The summed E-state index contributed by atoms with van der Waals surface area (Å²) in [6.07, 6.45) is -22.5.